The summed E-state index contributed by atoms with van der Waals surface area (Å²) in [6, 6.07) is 8.62. The molecule has 0 unspecified atom stereocenters. The van der Waals surface area contributed by atoms with Crippen LogP contribution in [0, 0.1) is 6.92 Å². The van der Waals surface area contributed by atoms with E-state index in [9.17, 15) is 4.79 Å². The molecular formula is C20H25N5O. The van der Waals surface area contributed by atoms with Crippen LogP contribution in [0.5, 0.6) is 0 Å². The molecule has 1 amide bonds. The summed E-state index contributed by atoms with van der Waals surface area (Å²) in [5.74, 6) is 1.56. The first kappa shape index (κ1) is 16.8. The van der Waals surface area contributed by atoms with Crippen LogP contribution in [-0.4, -0.2) is 35.5 Å². The fourth-order valence-electron chi connectivity index (χ4n) is 3.92. The lowest BCUT2D eigenvalue weighted by molar-refractivity contribution is -0.118. The van der Waals surface area contributed by atoms with Gasteiger partial charge >= 0.3 is 0 Å². The molecule has 1 N–H and O–H groups in total. The van der Waals surface area contributed by atoms with Crippen molar-refractivity contribution in [3.63, 3.8) is 0 Å². The molecule has 0 saturated heterocycles. The van der Waals surface area contributed by atoms with Gasteiger partial charge in [-0.3, -0.25) is 4.79 Å². The minimum Gasteiger partial charge on any atom is -0.351 e. The first-order chi connectivity index (χ1) is 12.6. The SMILES string of the molecule is Cc1cccc(Nc2ncc3c(n2)N(C2CCCC2)CCC(=O)N3C)c1. The van der Waals surface area contributed by atoms with Crippen LogP contribution in [0.2, 0.25) is 0 Å². The number of nitrogens with zero attached hydrogens (tertiary/aromatic N) is 4. The van der Waals surface area contributed by atoms with E-state index in [1.54, 1.807) is 11.1 Å². The zero-order valence-corrected chi connectivity index (χ0v) is 15.4. The molecule has 6 heteroatoms. The Morgan fingerprint density at radius 3 is 2.81 bits per heavy atom. The highest BCUT2D eigenvalue weighted by molar-refractivity contribution is 5.97. The second-order valence-corrected chi connectivity index (χ2v) is 7.23. The minimum atomic E-state index is 0.120. The van der Waals surface area contributed by atoms with Gasteiger partial charge in [-0.2, -0.15) is 4.98 Å². The number of nitrogens with one attached hydrogen (secondary N) is 1. The van der Waals surface area contributed by atoms with Crippen LogP contribution in [0.4, 0.5) is 23.1 Å². The van der Waals surface area contributed by atoms with E-state index >= 15 is 0 Å². The van der Waals surface area contributed by atoms with Crippen LogP contribution < -0.4 is 15.1 Å². The summed E-state index contributed by atoms with van der Waals surface area (Å²) < 4.78 is 0. The summed E-state index contributed by atoms with van der Waals surface area (Å²) in [5.41, 5.74) is 2.95. The lowest BCUT2D eigenvalue weighted by Gasteiger charge is -2.30. The molecule has 6 nitrogen and oxygen atoms in total. The van der Waals surface area contributed by atoms with Crippen molar-refractivity contribution in [2.75, 3.05) is 28.7 Å². The zero-order valence-electron chi connectivity index (χ0n) is 15.4. The molecule has 1 aliphatic heterocycles. The monoisotopic (exact) mass is 351 g/mol. The first-order valence-corrected chi connectivity index (χ1v) is 9.36. The lowest BCUT2D eigenvalue weighted by Crippen LogP contribution is -2.34. The van der Waals surface area contributed by atoms with Crippen molar-refractivity contribution in [2.24, 2.45) is 0 Å². The van der Waals surface area contributed by atoms with Crippen LogP contribution in [0.1, 0.15) is 37.7 Å². The van der Waals surface area contributed by atoms with E-state index in [1.807, 2.05) is 19.2 Å². The maximum Gasteiger partial charge on any atom is 0.229 e. The van der Waals surface area contributed by atoms with E-state index in [-0.39, 0.29) is 5.91 Å². The molecule has 2 aromatic rings. The fourth-order valence-corrected chi connectivity index (χ4v) is 3.92. The summed E-state index contributed by atoms with van der Waals surface area (Å²) in [6.45, 7) is 2.78. The molecule has 136 valence electrons. The van der Waals surface area contributed by atoms with E-state index < -0.39 is 0 Å². The van der Waals surface area contributed by atoms with Gasteiger partial charge in [0.2, 0.25) is 11.9 Å². The van der Waals surface area contributed by atoms with Crippen LogP contribution >= 0.6 is 0 Å². The number of hydrogen-bond donors (Lipinski definition) is 1. The molecule has 0 radical (unpaired) electrons. The predicted molar refractivity (Wildman–Crippen MR) is 104 cm³/mol. The second-order valence-electron chi connectivity index (χ2n) is 7.23. The molecule has 1 aliphatic carbocycles. The third kappa shape index (κ3) is 3.23. The van der Waals surface area contributed by atoms with Crippen LogP contribution in [0.3, 0.4) is 0 Å². The van der Waals surface area contributed by atoms with Crippen LogP contribution in [0.15, 0.2) is 30.5 Å². The number of amides is 1. The van der Waals surface area contributed by atoms with E-state index in [0.29, 0.717) is 18.4 Å². The number of benzene rings is 1. The Hall–Kier alpha value is -2.63. The van der Waals surface area contributed by atoms with Gasteiger partial charge in [0.1, 0.15) is 5.69 Å². The van der Waals surface area contributed by atoms with Crippen molar-refractivity contribution >= 4 is 29.0 Å². The largest absolute Gasteiger partial charge is 0.351 e. The molecule has 2 heterocycles. The van der Waals surface area contributed by atoms with E-state index in [2.05, 4.69) is 34.3 Å². The Morgan fingerprint density at radius 2 is 2.04 bits per heavy atom. The van der Waals surface area contributed by atoms with Gasteiger partial charge in [0.15, 0.2) is 5.82 Å². The first-order valence-electron chi connectivity index (χ1n) is 9.36. The Labute approximate surface area is 154 Å². The highest BCUT2D eigenvalue weighted by Gasteiger charge is 2.31. The number of fused-ring (bicyclic) bond motifs is 1. The number of carbonyl (C=O) groups excluding carboxylic acids is 1. The van der Waals surface area contributed by atoms with Gasteiger partial charge in [-0.05, 0) is 37.5 Å². The molecule has 0 spiro atoms. The van der Waals surface area contributed by atoms with E-state index in [4.69, 9.17) is 4.98 Å². The molecule has 0 bridgehead atoms. The van der Waals surface area contributed by atoms with Crippen molar-refractivity contribution in [3.05, 3.63) is 36.0 Å². The second kappa shape index (κ2) is 6.94. The normalized spacial score (nSPS) is 18.0. The Balaban J connectivity index is 1.70. The maximum atomic E-state index is 12.4. The van der Waals surface area contributed by atoms with E-state index in [1.165, 1.54) is 31.2 Å². The van der Waals surface area contributed by atoms with Gasteiger partial charge in [0.05, 0.1) is 6.20 Å². The molecule has 4 rings (SSSR count). The van der Waals surface area contributed by atoms with Gasteiger partial charge in [-0.25, -0.2) is 4.98 Å². The van der Waals surface area contributed by atoms with Gasteiger partial charge in [0.25, 0.3) is 0 Å². The van der Waals surface area contributed by atoms with E-state index in [0.717, 1.165) is 23.7 Å². The third-order valence-corrected chi connectivity index (χ3v) is 5.36. The summed E-state index contributed by atoms with van der Waals surface area (Å²) in [6.07, 6.45) is 7.12. The average molecular weight is 351 g/mol. The molecular weight excluding hydrogens is 326 g/mol. The standard InChI is InChI=1S/C20H25N5O/c1-14-6-5-7-15(12-14)22-20-21-13-17-19(23-20)25(16-8-3-4-9-16)11-10-18(26)24(17)2/h5-7,12-13,16H,3-4,8-11H2,1-2H3,(H,21,22,23). The number of carbonyl (C=O) groups is 1. The lowest BCUT2D eigenvalue weighted by atomic mass is 10.2. The number of aromatic nitrogens is 2. The molecule has 1 saturated carbocycles. The molecule has 1 aromatic carbocycles. The molecule has 0 atom stereocenters. The van der Waals surface area contributed by atoms with Crippen molar-refractivity contribution in [2.45, 2.75) is 45.1 Å². The maximum absolute atomic E-state index is 12.4. The summed E-state index contributed by atoms with van der Waals surface area (Å²) in [5, 5.41) is 3.30. The van der Waals surface area contributed by atoms with Crippen molar-refractivity contribution < 1.29 is 4.79 Å². The van der Waals surface area contributed by atoms with Crippen molar-refractivity contribution in [1.82, 2.24) is 9.97 Å². The molecule has 1 fully saturated rings. The highest BCUT2D eigenvalue weighted by Crippen LogP contribution is 2.36. The number of hydrogen-bond acceptors (Lipinski definition) is 5. The quantitative estimate of drug-likeness (QED) is 0.915. The van der Waals surface area contributed by atoms with Gasteiger partial charge in [-0.15, -0.1) is 0 Å². The minimum absolute atomic E-state index is 0.120. The predicted octanol–water partition coefficient (Wildman–Crippen LogP) is 3.64. The van der Waals surface area contributed by atoms with Gasteiger partial charge < -0.3 is 15.1 Å². The van der Waals surface area contributed by atoms with Crippen molar-refractivity contribution in [3.8, 4) is 0 Å². The van der Waals surface area contributed by atoms with Crippen molar-refractivity contribution in [1.29, 1.82) is 0 Å². The zero-order chi connectivity index (χ0) is 18.1. The number of aryl methyl sites for hydroxylation is 1. The Morgan fingerprint density at radius 1 is 1.23 bits per heavy atom. The summed E-state index contributed by atoms with van der Waals surface area (Å²) in [7, 11) is 1.82. The Kier molecular flexibility index (Phi) is 4.49. The number of rotatable bonds is 3. The topological polar surface area (TPSA) is 61.4 Å². The number of anilines is 4. The summed E-state index contributed by atoms with van der Waals surface area (Å²) in [4.78, 5) is 25.7. The average Bonchev–Trinajstić information content (AvgIpc) is 3.12. The molecule has 26 heavy (non-hydrogen) atoms. The molecule has 2 aliphatic rings. The van der Waals surface area contributed by atoms with Gasteiger partial charge in [-0.1, -0.05) is 25.0 Å². The smallest absolute Gasteiger partial charge is 0.229 e. The molecule has 1 aromatic heterocycles. The van der Waals surface area contributed by atoms with Crippen LogP contribution in [0.25, 0.3) is 0 Å². The highest BCUT2D eigenvalue weighted by atomic mass is 16.2. The summed E-state index contributed by atoms with van der Waals surface area (Å²) >= 11 is 0. The van der Waals surface area contributed by atoms with Crippen LogP contribution in [-0.2, 0) is 4.79 Å². The third-order valence-electron chi connectivity index (χ3n) is 5.36. The Bertz CT molecular complexity index is 816. The van der Waals surface area contributed by atoms with Gasteiger partial charge in [0, 0.05) is 31.7 Å². The fraction of sp³-hybridized carbons (Fsp3) is 0.450.